The summed E-state index contributed by atoms with van der Waals surface area (Å²) in [5, 5.41) is 10.5. The fourth-order valence-corrected chi connectivity index (χ4v) is 8.79. The first-order chi connectivity index (χ1) is 20.8. The fraction of sp³-hybridized carbons (Fsp3) is 0.433. The van der Waals surface area contributed by atoms with Gasteiger partial charge in [0.1, 0.15) is 47.6 Å². The molecular weight excluding hydrogens is 601 g/mol. The predicted octanol–water partition coefficient (Wildman–Crippen LogP) is 6.21. The Labute approximate surface area is 253 Å². The van der Waals surface area contributed by atoms with Gasteiger partial charge >= 0.3 is 6.01 Å². The largest absolute Gasteiger partial charge is 0.489 e. The van der Waals surface area contributed by atoms with E-state index in [4.69, 9.17) is 31.8 Å². The number of alkyl halides is 1. The molecule has 2 aromatic heterocycles. The highest BCUT2D eigenvalue weighted by atomic mass is 35.5. The molecular formula is C30H26ClF3N6O2S. The number of nitrogens with zero attached hydrogens (tertiary/aromatic N) is 5. The first-order valence-corrected chi connectivity index (χ1v) is 15.5. The maximum absolute atomic E-state index is 16.9. The summed E-state index contributed by atoms with van der Waals surface area (Å²) in [4.78, 5) is 13.5. The zero-order valence-electron chi connectivity index (χ0n) is 22.9. The van der Waals surface area contributed by atoms with E-state index in [1.165, 1.54) is 12.1 Å². The summed E-state index contributed by atoms with van der Waals surface area (Å²) < 4.78 is 58.8. The third-order valence-corrected chi connectivity index (χ3v) is 10.8. The Hall–Kier alpha value is -3.53. The Balaban J connectivity index is 1.34. The number of anilines is 2. The highest BCUT2D eigenvalue weighted by molar-refractivity contribution is 7.23. The quantitative estimate of drug-likeness (QED) is 0.285. The minimum absolute atomic E-state index is 0.00800. The van der Waals surface area contributed by atoms with Gasteiger partial charge in [-0.05, 0) is 43.9 Å². The van der Waals surface area contributed by atoms with Gasteiger partial charge in [-0.25, -0.2) is 13.2 Å². The zero-order valence-corrected chi connectivity index (χ0v) is 24.5. The van der Waals surface area contributed by atoms with Crippen molar-refractivity contribution in [3.8, 4) is 29.0 Å². The summed E-state index contributed by atoms with van der Waals surface area (Å²) >= 11 is 7.87. The standard InChI is InChI=1S/C30H26ClF3N6O2S/c31-22-20(16-4-5-18(33)26-19(16)17(10-35)27(36)43-26)23(34)24-21-25(22)41-12-15-3-1-8-40(15)28(21)38-29(37-24)42-13-30-6-2-7-39(30)11-14(32)9-30/h4-5,14-15H,1-3,6-9,11-13,36H2/t14-,15+,30?/m1/s1. The lowest BCUT2D eigenvalue weighted by atomic mass is 9.95. The van der Waals surface area contributed by atoms with Crippen LogP contribution in [-0.4, -0.2) is 65.5 Å². The number of ether oxygens (including phenoxy) is 2. The number of halogens is 4. The minimum Gasteiger partial charge on any atom is -0.489 e. The molecule has 4 aliphatic rings. The average molecular weight is 627 g/mol. The van der Waals surface area contributed by atoms with Gasteiger partial charge in [-0.3, -0.25) is 4.90 Å². The Morgan fingerprint density at radius 2 is 2.09 bits per heavy atom. The molecule has 13 heteroatoms. The third kappa shape index (κ3) is 3.90. The van der Waals surface area contributed by atoms with Gasteiger partial charge in [0.15, 0.2) is 11.6 Å². The van der Waals surface area contributed by atoms with Gasteiger partial charge in [-0.1, -0.05) is 17.7 Å². The molecule has 4 aromatic rings. The number of hydrogen-bond donors (Lipinski definition) is 1. The van der Waals surface area contributed by atoms with Crippen LogP contribution in [0.5, 0.6) is 11.8 Å². The highest BCUT2D eigenvalue weighted by Crippen LogP contribution is 2.51. The number of benzene rings is 2. The molecule has 3 saturated heterocycles. The molecule has 43 heavy (non-hydrogen) atoms. The molecule has 3 atom stereocenters. The molecule has 2 aromatic carbocycles. The van der Waals surface area contributed by atoms with Crippen molar-refractivity contribution in [3.63, 3.8) is 0 Å². The van der Waals surface area contributed by atoms with E-state index < -0.39 is 23.3 Å². The van der Waals surface area contributed by atoms with Crippen molar-refractivity contribution >= 4 is 54.7 Å². The lowest BCUT2D eigenvalue weighted by molar-refractivity contribution is 0.107. The van der Waals surface area contributed by atoms with Gasteiger partial charge in [0.05, 0.1) is 32.3 Å². The first kappa shape index (κ1) is 27.0. The average Bonchev–Trinajstić information content (AvgIpc) is 3.73. The van der Waals surface area contributed by atoms with E-state index >= 15 is 4.39 Å². The van der Waals surface area contributed by atoms with Gasteiger partial charge in [-0.2, -0.15) is 15.2 Å². The van der Waals surface area contributed by atoms with Crippen molar-refractivity contribution in [2.75, 3.05) is 43.5 Å². The number of aromatic nitrogens is 2. The summed E-state index contributed by atoms with van der Waals surface area (Å²) in [6, 6.07) is 4.60. The maximum Gasteiger partial charge on any atom is 0.319 e. The van der Waals surface area contributed by atoms with Crippen LogP contribution in [0.15, 0.2) is 12.1 Å². The molecule has 0 saturated carbocycles. The lowest BCUT2D eigenvalue weighted by Gasteiger charge is -2.31. The molecule has 0 radical (unpaired) electrons. The van der Waals surface area contributed by atoms with Crippen LogP contribution in [0.25, 0.3) is 32.1 Å². The third-order valence-electron chi connectivity index (χ3n) is 9.44. The van der Waals surface area contributed by atoms with Crippen molar-refractivity contribution in [3.05, 3.63) is 34.4 Å². The number of thiophene rings is 1. The molecule has 8 nitrogen and oxygen atoms in total. The van der Waals surface area contributed by atoms with Crippen LogP contribution in [0.4, 0.5) is 24.0 Å². The molecule has 0 aliphatic carbocycles. The second kappa shape index (κ2) is 9.74. The van der Waals surface area contributed by atoms with Gasteiger partial charge in [0.2, 0.25) is 0 Å². The number of fused-ring (bicyclic) bond motifs is 4. The molecule has 0 bridgehead atoms. The van der Waals surface area contributed by atoms with E-state index in [1.807, 2.05) is 6.07 Å². The van der Waals surface area contributed by atoms with Crippen molar-refractivity contribution in [2.45, 2.75) is 49.9 Å². The SMILES string of the molecule is N#Cc1c(N)sc2c(F)ccc(-c3c(Cl)c4c5c(nc(OCC67CCCN6C[C@H](F)C7)nc5c3F)N3CCC[C@H]3CO4)c12. The molecule has 1 unspecified atom stereocenters. The van der Waals surface area contributed by atoms with Crippen molar-refractivity contribution in [1.29, 1.82) is 5.26 Å². The smallest absolute Gasteiger partial charge is 0.319 e. The summed E-state index contributed by atoms with van der Waals surface area (Å²) in [7, 11) is 0. The molecule has 6 heterocycles. The molecule has 0 spiro atoms. The summed E-state index contributed by atoms with van der Waals surface area (Å²) in [6.07, 6.45) is 2.99. The van der Waals surface area contributed by atoms with Gasteiger partial charge in [0, 0.05) is 30.5 Å². The van der Waals surface area contributed by atoms with E-state index in [1.54, 1.807) is 0 Å². The van der Waals surface area contributed by atoms with Gasteiger partial charge in [-0.15, -0.1) is 11.3 Å². The van der Waals surface area contributed by atoms with Crippen LogP contribution in [-0.2, 0) is 0 Å². The van der Waals surface area contributed by atoms with Crippen LogP contribution in [0.1, 0.15) is 37.7 Å². The van der Waals surface area contributed by atoms with Gasteiger partial charge < -0.3 is 20.1 Å². The predicted molar refractivity (Wildman–Crippen MR) is 159 cm³/mol. The molecule has 3 fully saturated rings. The minimum atomic E-state index is -0.921. The van der Waals surface area contributed by atoms with E-state index in [0.29, 0.717) is 37.3 Å². The summed E-state index contributed by atoms with van der Waals surface area (Å²) in [5.41, 5.74) is 5.75. The van der Waals surface area contributed by atoms with E-state index in [0.717, 1.165) is 43.6 Å². The van der Waals surface area contributed by atoms with Crippen LogP contribution in [0.3, 0.4) is 0 Å². The maximum atomic E-state index is 16.9. The molecule has 0 amide bonds. The second-order valence-corrected chi connectivity index (χ2v) is 13.2. The monoisotopic (exact) mass is 626 g/mol. The normalized spacial score (nSPS) is 24.7. The van der Waals surface area contributed by atoms with Crippen LogP contribution < -0.4 is 20.1 Å². The van der Waals surface area contributed by atoms with Gasteiger partial charge in [0.25, 0.3) is 0 Å². The van der Waals surface area contributed by atoms with Crippen molar-refractivity contribution in [2.24, 2.45) is 0 Å². The lowest BCUT2D eigenvalue weighted by Crippen LogP contribution is -2.43. The number of rotatable bonds is 4. The number of hydrogen-bond acceptors (Lipinski definition) is 9. The molecule has 8 rings (SSSR count). The highest BCUT2D eigenvalue weighted by Gasteiger charge is 2.49. The van der Waals surface area contributed by atoms with Crippen molar-refractivity contribution in [1.82, 2.24) is 14.9 Å². The molecule has 222 valence electrons. The Bertz CT molecular complexity index is 1880. The Kier molecular flexibility index (Phi) is 6.13. The Morgan fingerprint density at radius 1 is 1.23 bits per heavy atom. The summed E-state index contributed by atoms with van der Waals surface area (Å²) in [5.74, 6) is -0.655. The number of nitrogen functional groups attached to an aromatic ring is 1. The van der Waals surface area contributed by atoms with E-state index in [-0.39, 0.29) is 66.7 Å². The number of nitrogens with two attached hydrogens (primary N) is 1. The fourth-order valence-electron chi connectivity index (χ4n) is 7.50. The topological polar surface area (TPSA) is 101 Å². The molecule has 2 N–H and O–H groups in total. The molecule has 4 aliphatic heterocycles. The first-order valence-electron chi connectivity index (χ1n) is 14.3. The van der Waals surface area contributed by atoms with Crippen LogP contribution >= 0.6 is 22.9 Å². The summed E-state index contributed by atoms with van der Waals surface area (Å²) in [6.45, 7) is 2.37. The zero-order chi connectivity index (χ0) is 29.6. The van der Waals surface area contributed by atoms with Crippen LogP contribution in [0, 0.1) is 23.0 Å². The Morgan fingerprint density at radius 3 is 2.93 bits per heavy atom. The van der Waals surface area contributed by atoms with E-state index in [2.05, 4.69) is 14.8 Å². The second-order valence-electron chi connectivity index (χ2n) is 11.8. The van der Waals surface area contributed by atoms with Crippen molar-refractivity contribution < 1.29 is 22.6 Å². The number of nitriles is 1. The van der Waals surface area contributed by atoms with Crippen LogP contribution in [0.2, 0.25) is 5.02 Å². The van der Waals surface area contributed by atoms with E-state index in [9.17, 15) is 14.0 Å².